The molecule has 0 saturated carbocycles. The SMILES string of the molecule is N#Cc1cccc(Cn2c(=O)oc3ccccc32)c1F. The van der Waals surface area contributed by atoms with Gasteiger partial charge in [0.1, 0.15) is 11.9 Å². The molecule has 0 bridgehead atoms. The van der Waals surface area contributed by atoms with Crippen molar-refractivity contribution in [3.8, 4) is 6.07 Å². The van der Waals surface area contributed by atoms with Crippen LogP contribution in [0.25, 0.3) is 11.1 Å². The Kier molecular flexibility index (Phi) is 2.84. The van der Waals surface area contributed by atoms with E-state index in [0.717, 1.165) is 0 Å². The Morgan fingerprint density at radius 2 is 2.00 bits per heavy atom. The van der Waals surface area contributed by atoms with Gasteiger partial charge in [-0.2, -0.15) is 5.26 Å². The van der Waals surface area contributed by atoms with Crippen LogP contribution in [-0.4, -0.2) is 4.57 Å². The van der Waals surface area contributed by atoms with Crippen molar-refractivity contribution in [1.29, 1.82) is 5.26 Å². The van der Waals surface area contributed by atoms with E-state index in [1.165, 1.54) is 10.6 Å². The van der Waals surface area contributed by atoms with Crippen molar-refractivity contribution >= 4 is 11.1 Å². The molecule has 1 aromatic heterocycles. The molecule has 2 aromatic carbocycles. The summed E-state index contributed by atoms with van der Waals surface area (Å²) in [5.74, 6) is -1.15. The standard InChI is InChI=1S/C15H9FN2O2/c16-14-10(8-17)4-3-5-11(14)9-18-12-6-1-2-7-13(12)20-15(18)19/h1-7H,9H2. The van der Waals surface area contributed by atoms with Gasteiger partial charge in [0.15, 0.2) is 5.58 Å². The molecule has 0 atom stereocenters. The lowest BCUT2D eigenvalue weighted by molar-refractivity contribution is 0.512. The van der Waals surface area contributed by atoms with E-state index in [9.17, 15) is 9.18 Å². The fourth-order valence-electron chi connectivity index (χ4n) is 2.12. The van der Waals surface area contributed by atoms with E-state index in [1.807, 2.05) is 0 Å². The first kappa shape index (κ1) is 12.2. The number of para-hydroxylation sites is 2. The lowest BCUT2D eigenvalue weighted by Crippen LogP contribution is -2.15. The number of oxazole rings is 1. The second-order valence-electron chi connectivity index (χ2n) is 4.31. The Labute approximate surface area is 113 Å². The molecule has 0 spiro atoms. The normalized spacial score (nSPS) is 10.6. The summed E-state index contributed by atoms with van der Waals surface area (Å²) in [6.45, 7) is 0.0250. The lowest BCUT2D eigenvalue weighted by atomic mass is 10.1. The number of benzene rings is 2. The summed E-state index contributed by atoms with van der Waals surface area (Å²) < 4.78 is 20.5. The average Bonchev–Trinajstić information content (AvgIpc) is 2.77. The van der Waals surface area contributed by atoms with Crippen LogP contribution in [0.4, 0.5) is 4.39 Å². The van der Waals surface area contributed by atoms with Crippen LogP contribution >= 0.6 is 0 Å². The van der Waals surface area contributed by atoms with Crippen LogP contribution in [0.5, 0.6) is 0 Å². The average molecular weight is 268 g/mol. The van der Waals surface area contributed by atoms with E-state index in [-0.39, 0.29) is 17.7 Å². The summed E-state index contributed by atoms with van der Waals surface area (Å²) >= 11 is 0. The van der Waals surface area contributed by atoms with Gasteiger partial charge in [-0.1, -0.05) is 24.3 Å². The molecule has 0 aliphatic carbocycles. The van der Waals surface area contributed by atoms with Crippen molar-refractivity contribution in [3.63, 3.8) is 0 Å². The van der Waals surface area contributed by atoms with Gasteiger partial charge in [-0.3, -0.25) is 4.57 Å². The van der Waals surface area contributed by atoms with Gasteiger partial charge in [0.2, 0.25) is 0 Å². The molecule has 20 heavy (non-hydrogen) atoms. The van der Waals surface area contributed by atoms with Crippen molar-refractivity contribution in [1.82, 2.24) is 4.57 Å². The highest BCUT2D eigenvalue weighted by atomic mass is 19.1. The third-order valence-electron chi connectivity index (χ3n) is 3.10. The van der Waals surface area contributed by atoms with E-state index in [4.69, 9.17) is 9.68 Å². The molecule has 0 amide bonds. The minimum Gasteiger partial charge on any atom is -0.408 e. The second kappa shape index (κ2) is 4.67. The van der Waals surface area contributed by atoms with Crippen molar-refractivity contribution < 1.29 is 8.81 Å². The molecule has 0 N–H and O–H groups in total. The van der Waals surface area contributed by atoms with Crippen molar-refractivity contribution in [2.45, 2.75) is 6.54 Å². The number of hydrogen-bond acceptors (Lipinski definition) is 3. The molecular weight excluding hydrogens is 259 g/mol. The predicted molar refractivity (Wildman–Crippen MR) is 70.7 cm³/mol. The molecule has 0 unspecified atom stereocenters. The van der Waals surface area contributed by atoms with Crippen molar-refractivity contribution in [2.75, 3.05) is 0 Å². The zero-order chi connectivity index (χ0) is 14.1. The van der Waals surface area contributed by atoms with Gasteiger partial charge in [0, 0.05) is 5.56 Å². The highest BCUT2D eigenvalue weighted by molar-refractivity contribution is 5.72. The monoisotopic (exact) mass is 268 g/mol. The first-order chi connectivity index (χ1) is 9.70. The Hall–Kier alpha value is -2.87. The van der Waals surface area contributed by atoms with Crippen LogP contribution < -0.4 is 5.76 Å². The Balaban J connectivity index is 2.13. The molecule has 3 rings (SSSR count). The highest BCUT2D eigenvalue weighted by Crippen LogP contribution is 2.17. The van der Waals surface area contributed by atoms with Gasteiger partial charge < -0.3 is 4.42 Å². The maximum atomic E-state index is 14.0. The molecule has 0 aliphatic rings. The van der Waals surface area contributed by atoms with Gasteiger partial charge in [0.05, 0.1) is 17.6 Å². The molecule has 1 heterocycles. The van der Waals surface area contributed by atoms with Gasteiger partial charge in [0.25, 0.3) is 0 Å². The van der Waals surface area contributed by atoms with E-state index < -0.39 is 11.6 Å². The summed E-state index contributed by atoms with van der Waals surface area (Å²) in [5, 5.41) is 8.82. The Morgan fingerprint density at radius 1 is 1.20 bits per heavy atom. The lowest BCUT2D eigenvalue weighted by Gasteiger charge is -2.05. The van der Waals surface area contributed by atoms with Gasteiger partial charge in [-0.25, -0.2) is 9.18 Å². The summed E-state index contributed by atoms with van der Waals surface area (Å²) in [7, 11) is 0. The smallest absolute Gasteiger partial charge is 0.408 e. The number of aromatic nitrogens is 1. The summed E-state index contributed by atoms with van der Waals surface area (Å²) in [6, 6.07) is 13.2. The van der Waals surface area contributed by atoms with Crippen LogP contribution in [0.1, 0.15) is 11.1 Å². The molecule has 0 aliphatic heterocycles. The first-order valence-corrected chi connectivity index (χ1v) is 5.96. The minimum absolute atomic E-state index is 0.0250. The zero-order valence-corrected chi connectivity index (χ0v) is 10.3. The largest absolute Gasteiger partial charge is 0.420 e. The second-order valence-corrected chi connectivity index (χ2v) is 4.31. The third kappa shape index (κ3) is 1.88. The molecule has 3 aromatic rings. The molecule has 0 saturated heterocycles. The molecule has 0 fully saturated rings. The quantitative estimate of drug-likeness (QED) is 0.718. The van der Waals surface area contributed by atoms with Gasteiger partial charge in [-0.15, -0.1) is 0 Å². The summed E-state index contributed by atoms with van der Waals surface area (Å²) in [6.07, 6.45) is 0. The molecule has 98 valence electrons. The van der Waals surface area contributed by atoms with Crippen molar-refractivity contribution in [2.24, 2.45) is 0 Å². The van der Waals surface area contributed by atoms with Crippen LogP contribution in [-0.2, 0) is 6.54 Å². The Bertz CT molecular complexity index is 887. The molecular formula is C15H9FN2O2. The third-order valence-corrected chi connectivity index (χ3v) is 3.10. The van der Waals surface area contributed by atoms with E-state index >= 15 is 0 Å². The Morgan fingerprint density at radius 3 is 2.80 bits per heavy atom. The van der Waals surface area contributed by atoms with Crippen molar-refractivity contribution in [3.05, 3.63) is 70.0 Å². The number of hydrogen-bond donors (Lipinski definition) is 0. The number of halogens is 1. The van der Waals surface area contributed by atoms with Crippen LogP contribution in [0.2, 0.25) is 0 Å². The number of fused-ring (bicyclic) bond motifs is 1. The summed E-state index contributed by atoms with van der Waals surface area (Å²) in [4.78, 5) is 11.8. The number of nitriles is 1. The summed E-state index contributed by atoms with van der Waals surface area (Å²) in [5.41, 5.74) is 1.29. The maximum Gasteiger partial charge on any atom is 0.420 e. The number of nitrogens with zero attached hydrogens (tertiary/aromatic N) is 2. The maximum absolute atomic E-state index is 14.0. The fraction of sp³-hybridized carbons (Fsp3) is 0.0667. The van der Waals surface area contributed by atoms with E-state index in [2.05, 4.69) is 0 Å². The van der Waals surface area contributed by atoms with Crippen LogP contribution in [0, 0.1) is 17.1 Å². The number of rotatable bonds is 2. The minimum atomic E-state index is -0.604. The highest BCUT2D eigenvalue weighted by Gasteiger charge is 2.13. The van der Waals surface area contributed by atoms with E-state index in [1.54, 1.807) is 42.5 Å². The van der Waals surface area contributed by atoms with E-state index in [0.29, 0.717) is 11.1 Å². The zero-order valence-electron chi connectivity index (χ0n) is 10.3. The molecule has 4 nitrogen and oxygen atoms in total. The molecule has 5 heteroatoms. The van der Waals surface area contributed by atoms with Gasteiger partial charge in [-0.05, 0) is 18.2 Å². The van der Waals surface area contributed by atoms with Gasteiger partial charge >= 0.3 is 5.76 Å². The predicted octanol–water partition coefficient (Wildman–Crippen LogP) is 2.65. The molecule has 0 radical (unpaired) electrons. The topological polar surface area (TPSA) is 58.9 Å². The fourth-order valence-corrected chi connectivity index (χ4v) is 2.12. The first-order valence-electron chi connectivity index (χ1n) is 5.96. The van der Waals surface area contributed by atoms with Crippen LogP contribution in [0.15, 0.2) is 51.7 Å². The van der Waals surface area contributed by atoms with Crippen LogP contribution in [0.3, 0.4) is 0 Å².